The first-order valence-electron chi connectivity index (χ1n) is 5.57. The first kappa shape index (κ1) is 14.0. The Morgan fingerprint density at radius 2 is 2.05 bits per heavy atom. The highest BCUT2D eigenvalue weighted by atomic mass is 79.9. The van der Waals surface area contributed by atoms with Crippen LogP contribution in [0.4, 0.5) is 13.2 Å². The highest BCUT2D eigenvalue weighted by Crippen LogP contribution is 2.31. The molecule has 102 valence electrons. The van der Waals surface area contributed by atoms with Crippen molar-refractivity contribution in [3.63, 3.8) is 0 Å². The minimum Gasteiger partial charge on any atom is -0.220 e. The van der Waals surface area contributed by atoms with Crippen LogP contribution < -0.4 is 0 Å². The number of aromatic nitrogens is 3. The quantitative estimate of drug-likeness (QED) is 0.804. The van der Waals surface area contributed by atoms with Gasteiger partial charge in [-0.05, 0) is 24.6 Å². The Labute approximate surface area is 116 Å². The second kappa shape index (κ2) is 5.32. The summed E-state index contributed by atoms with van der Waals surface area (Å²) < 4.78 is 39.4. The highest BCUT2D eigenvalue weighted by Gasteiger charge is 2.31. The molecule has 0 amide bonds. The van der Waals surface area contributed by atoms with E-state index in [1.165, 1.54) is 10.7 Å². The zero-order valence-corrected chi connectivity index (χ0v) is 11.7. The van der Waals surface area contributed by atoms with E-state index in [0.717, 1.165) is 23.2 Å². The van der Waals surface area contributed by atoms with Crippen LogP contribution in [0.25, 0.3) is 5.69 Å². The Bertz CT molecular complexity index is 578. The smallest absolute Gasteiger partial charge is 0.220 e. The number of hydrogen-bond donors (Lipinski definition) is 0. The van der Waals surface area contributed by atoms with Gasteiger partial charge in [0.05, 0.1) is 23.1 Å². The van der Waals surface area contributed by atoms with E-state index in [2.05, 4.69) is 26.2 Å². The fraction of sp³-hybridized carbons (Fsp3) is 0.333. The Morgan fingerprint density at radius 3 is 2.68 bits per heavy atom. The van der Waals surface area contributed by atoms with E-state index in [9.17, 15) is 13.2 Å². The summed E-state index contributed by atoms with van der Waals surface area (Å²) in [6, 6.07) is 3.58. The van der Waals surface area contributed by atoms with Gasteiger partial charge in [-0.2, -0.15) is 13.2 Å². The molecule has 0 radical (unpaired) electrons. The first-order valence-corrected chi connectivity index (χ1v) is 6.69. The minimum atomic E-state index is -4.36. The van der Waals surface area contributed by atoms with E-state index in [1.54, 1.807) is 13.1 Å². The zero-order valence-electron chi connectivity index (χ0n) is 10.1. The van der Waals surface area contributed by atoms with Crippen LogP contribution in [0.5, 0.6) is 0 Å². The van der Waals surface area contributed by atoms with Gasteiger partial charge in [0.25, 0.3) is 0 Å². The Kier molecular flexibility index (Phi) is 3.93. The van der Waals surface area contributed by atoms with Gasteiger partial charge in [0, 0.05) is 11.8 Å². The average molecular weight is 334 g/mol. The summed E-state index contributed by atoms with van der Waals surface area (Å²) in [6.07, 6.45) is -2.04. The Balaban J connectivity index is 2.42. The fourth-order valence-electron chi connectivity index (χ4n) is 1.66. The van der Waals surface area contributed by atoms with E-state index in [4.69, 9.17) is 0 Å². The maximum atomic E-state index is 12.7. The molecule has 1 aromatic carbocycles. The van der Waals surface area contributed by atoms with Gasteiger partial charge in [0.15, 0.2) is 0 Å². The van der Waals surface area contributed by atoms with Crippen LogP contribution in [0.1, 0.15) is 16.8 Å². The van der Waals surface area contributed by atoms with Crippen LogP contribution in [-0.4, -0.2) is 20.3 Å². The molecule has 19 heavy (non-hydrogen) atoms. The van der Waals surface area contributed by atoms with Crippen molar-refractivity contribution in [1.82, 2.24) is 15.0 Å². The van der Waals surface area contributed by atoms with Gasteiger partial charge in [-0.3, -0.25) is 0 Å². The van der Waals surface area contributed by atoms with Crippen molar-refractivity contribution in [3.8, 4) is 5.69 Å². The van der Waals surface area contributed by atoms with Crippen LogP contribution in [0, 0.1) is 6.92 Å². The van der Waals surface area contributed by atoms with E-state index in [-0.39, 0.29) is 0 Å². The highest BCUT2D eigenvalue weighted by molar-refractivity contribution is 9.09. The lowest BCUT2D eigenvalue weighted by molar-refractivity contribution is -0.137. The third-order valence-corrected chi connectivity index (χ3v) is 3.07. The molecule has 0 aliphatic carbocycles. The standard InChI is InChI=1S/C12H11BrF3N3/c1-8-2-3-9(12(14,15)16)6-11(8)19-7-10(4-5-13)17-18-19/h2-3,6-7H,4-5H2,1H3. The lowest BCUT2D eigenvalue weighted by atomic mass is 10.1. The number of hydrogen-bond acceptors (Lipinski definition) is 2. The molecule has 0 N–H and O–H groups in total. The van der Waals surface area contributed by atoms with E-state index in [1.807, 2.05) is 0 Å². The largest absolute Gasteiger partial charge is 0.416 e. The molecule has 2 aromatic rings. The van der Waals surface area contributed by atoms with Gasteiger partial charge in [0.2, 0.25) is 0 Å². The lowest BCUT2D eigenvalue weighted by Crippen LogP contribution is -2.07. The molecule has 0 atom stereocenters. The van der Waals surface area contributed by atoms with Gasteiger partial charge in [-0.15, -0.1) is 5.10 Å². The molecule has 1 aromatic heterocycles. The SMILES string of the molecule is Cc1ccc(C(F)(F)F)cc1-n1cc(CCBr)nn1. The predicted molar refractivity (Wildman–Crippen MR) is 68.6 cm³/mol. The van der Waals surface area contributed by atoms with Crippen molar-refractivity contribution in [1.29, 1.82) is 0 Å². The summed E-state index contributed by atoms with van der Waals surface area (Å²) in [5.41, 5.74) is 1.14. The minimum absolute atomic E-state index is 0.392. The van der Waals surface area contributed by atoms with Gasteiger partial charge < -0.3 is 0 Å². The molecule has 7 heteroatoms. The second-order valence-corrected chi connectivity index (χ2v) is 4.89. The van der Waals surface area contributed by atoms with Crippen LogP contribution in [0.2, 0.25) is 0 Å². The number of halogens is 4. The van der Waals surface area contributed by atoms with Crippen molar-refractivity contribution < 1.29 is 13.2 Å². The normalized spacial score (nSPS) is 11.8. The summed E-state index contributed by atoms with van der Waals surface area (Å²) in [5.74, 6) is 0. The molecule has 0 fully saturated rings. The summed E-state index contributed by atoms with van der Waals surface area (Å²) in [4.78, 5) is 0. The summed E-state index contributed by atoms with van der Waals surface area (Å²) in [6.45, 7) is 1.74. The molecule has 0 aliphatic rings. The topological polar surface area (TPSA) is 30.7 Å². The molecule has 0 saturated heterocycles. The van der Waals surface area contributed by atoms with Crippen LogP contribution in [0.15, 0.2) is 24.4 Å². The number of aryl methyl sites for hydroxylation is 2. The number of alkyl halides is 4. The van der Waals surface area contributed by atoms with Crippen LogP contribution in [0.3, 0.4) is 0 Å². The van der Waals surface area contributed by atoms with Gasteiger partial charge in [0.1, 0.15) is 0 Å². The zero-order chi connectivity index (χ0) is 14.0. The fourth-order valence-corrected chi connectivity index (χ4v) is 2.07. The molecule has 0 bridgehead atoms. The molecule has 3 nitrogen and oxygen atoms in total. The Morgan fingerprint density at radius 1 is 1.32 bits per heavy atom. The van der Waals surface area contributed by atoms with Crippen molar-refractivity contribution in [2.45, 2.75) is 19.5 Å². The lowest BCUT2D eigenvalue weighted by Gasteiger charge is -2.10. The molecule has 0 unspecified atom stereocenters. The third kappa shape index (κ3) is 3.15. The van der Waals surface area contributed by atoms with E-state index in [0.29, 0.717) is 17.7 Å². The van der Waals surface area contributed by atoms with E-state index < -0.39 is 11.7 Å². The maximum Gasteiger partial charge on any atom is 0.416 e. The second-order valence-electron chi connectivity index (χ2n) is 4.09. The predicted octanol–water partition coefficient (Wildman–Crippen LogP) is 3.53. The molecule has 0 aliphatic heterocycles. The van der Waals surface area contributed by atoms with Gasteiger partial charge >= 0.3 is 6.18 Å². The van der Waals surface area contributed by atoms with Gasteiger partial charge in [-0.25, -0.2) is 4.68 Å². The van der Waals surface area contributed by atoms with Gasteiger partial charge in [-0.1, -0.05) is 27.2 Å². The molecular formula is C12H11BrF3N3. The number of rotatable bonds is 3. The molecule has 0 spiro atoms. The maximum absolute atomic E-state index is 12.7. The van der Waals surface area contributed by atoms with Crippen molar-refractivity contribution in [3.05, 3.63) is 41.2 Å². The number of benzene rings is 1. The summed E-state index contributed by atoms with van der Waals surface area (Å²) in [5, 5.41) is 8.51. The van der Waals surface area contributed by atoms with Crippen LogP contribution in [-0.2, 0) is 12.6 Å². The molecular weight excluding hydrogens is 323 g/mol. The first-order chi connectivity index (χ1) is 8.91. The molecule has 0 saturated carbocycles. The monoisotopic (exact) mass is 333 g/mol. The van der Waals surface area contributed by atoms with Crippen LogP contribution >= 0.6 is 15.9 Å². The molecule has 2 rings (SSSR count). The average Bonchev–Trinajstić information content (AvgIpc) is 2.77. The Hall–Kier alpha value is -1.37. The van der Waals surface area contributed by atoms with E-state index >= 15 is 0 Å². The molecule has 1 heterocycles. The third-order valence-electron chi connectivity index (χ3n) is 2.67. The summed E-state index contributed by atoms with van der Waals surface area (Å²) in [7, 11) is 0. The van der Waals surface area contributed by atoms with Crippen molar-refractivity contribution in [2.24, 2.45) is 0 Å². The van der Waals surface area contributed by atoms with Crippen molar-refractivity contribution in [2.75, 3.05) is 5.33 Å². The summed E-state index contributed by atoms with van der Waals surface area (Å²) >= 11 is 3.28. The number of nitrogens with zero attached hydrogens (tertiary/aromatic N) is 3. The van der Waals surface area contributed by atoms with Crippen molar-refractivity contribution >= 4 is 15.9 Å².